The van der Waals surface area contributed by atoms with Crippen LogP contribution in [0, 0.1) is 19.8 Å². The predicted molar refractivity (Wildman–Crippen MR) is 87.4 cm³/mol. The maximum absolute atomic E-state index is 12.1. The van der Waals surface area contributed by atoms with Crippen LogP contribution >= 0.6 is 11.3 Å². The maximum atomic E-state index is 12.1. The van der Waals surface area contributed by atoms with E-state index in [1.165, 1.54) is 15.4 Å². The van der Waals surface area contributed by atoms with Gasteiger partial charge in [-0.05, 0) is 26.7 Å². The van der Waals surface area contributed by atoms with E-state index in [9.17, 15) is 13.2 Å². The quantitative estimate of drug-likeness (QED) is 0.866. The molecule has 1 fully saturated rings. The highest BCUT2D eigenvalue weighted by atomic mass is 32.2. The second-order valence-corrected chi connectivity index (χ2v) is 9.00. The number of carbonyl (C=O) groups excluding carboxylic acids is 1. The van der Waals surface area contributed by atoms with Crippen LogP contribution in [-0.4, -0.2) is 49.5 Å². The highest BCUT2D eigenvalue weighted by Crippen LogP contribution is 2.19. The topological polar surface area (TPSA) is 79.4 Å². The van der Waals surface area contributed by atoms with Crippen LogP contribution < -0.4 is 5.32 Å². The maximum Gasteiger partial charge on any atom is 0.223 e. The van der Waals surface area contributed by atoms with Crippen molar-refractivity contribution in [3.8, 4) is 0 Å². The molecule has 0 unspecified atom stereocenters. The van der Waals surface area contributed by atoms with Crippen molar-refractivity contribution >= 4 is 27.3 Å². The van der Waals surface area contributed by atoms with Crippen molar-refractivity contribution in [2.75, 3.05) is 25.9 Å². The Morgan fingerprint density at radius 2 is 2.00 bits per heavy atom. The number of thiazole rings is 1. The molecule has 0 radical (unpaired) electrons. The number of piperidine rings is 1. The Balaban J connectivity index is 1.74. The number of aryl methyl sites for hydroxylation is 2. The lowest BCUT2D eigenvalue weighted by atomic mass is 9.97. The lowest BCUT2D eigenvalue weighted by molar-refractivity contribution is -0.126. The number of nitrogens with one attached hydrogen (secondary N) is 1. The SMILES string of the molecule is Cc1nc(CCNC(=O)C2CCN(S(C)(=O)=O)CC2)sc1C. The predicted octanol–water partition coefficient (Wildman–Crippen LogP) is 1.09. The molecule has 0 aliphatic carbocycles. The van der Waals surface area contributed by atoms with Gasteiger partial charge in [0.15, 0.2) is 0 Å². The van der Waals surface area contributed by atoms with Crippen molar-refractivity contribution in [1.29, 1.82) is 0 Å². The van der Waals surface area contributed by atoms with Gasteiger partial charge in [0.25, 0.3) is 0 Å². The lowest BCUT2D eigenvalue weighted by Gasteiger charge is -2.29. The average Bonchev–Trinajstić information content (AvgIpc) is 2.77. The number of sulfonamides is 1. The Bertz CT molecular complexity index is 612. The molecule has 2 heterocycles. The van der Waals surface area contributed by atoms with E-state index in [-0.39, 0.29) is 11.8 Å². The summed E-state index contributed by atoms with van der Waals surface area (Å²) in [7, 11) is -3.14. The van der Waals surface area contributed by atoms with Crippen LogP contribution in [0.25, 0.3) is 0 Å². The fourth-order valence-corrected chi connectivity index (χ4v) is 4.34. The van der Waals surface area contributed by atoms with E-state index in [1.807, 2.05) is 13.8 Å². The van der Waals surface area contributed by atoms with Gasteiger partial charge in [0.05, 0.1) is 17.0 Å². The monoisotopic (exact) mass is 345 g/mol. The second kappa shape index (κ2) is 7.06. The number of aromatic nitrogens is 1. The van der Waals surface area contributed by atoms with Crippen LogP contribution in [0.15, 0.2) is 0 Å². The van der Waals surface area contributed by atoms with Crippen LogP contribution in [0.1, 0.15) is 28.4 Å². The minimum Gasteiger partial charge on any atom is -0.355 e. The summed E-state index contributed by atoms with van der Waals surface area (Å²) in [5.41, 5.74) is 1.06. The molecular formula is C14H23N3O3S2. The molecule has 1 N–H and O–H groups in total. The van der Waals surface area contributed by atoms with E-state index >= 15 is 0 Å². The Morgan fingerprint density at radius 3 is 2.50 bits per heavy atom. The van der Waals surface area contributed by atoms with Crippen LogP contribution in [0.3, 0.4) is 0 Å². The zero-order chi connectivity index (χ0) is 16.3. The van der Waals surface area contributed by atoms with E-state index < -0.39 is 10.0 Å². The van der Waals surface area contributed by atoms with Crippen molar-refractivity contribution in [2.24, 2.45) is 5.92 Å². The largest absolute Gasteiger partial charge is 0.355 e. The Hall–Kier alpha value is -0.990. The third kappa shape index (κ3) is 4.50. The van der Waals surface area contributed by atoms with Crippen LogP contribution in [0.4, 0.5) is 0 Å². The lowest BCUT2D eigenvalue weighted by Crippen LogP contribution is -2.42. The van der Waals surface area contributed by atoms with E-state index in [2.05, 4.69) is 10.3 Å². The molecule has 0 saturated carbocycles. The first-order valence-electron chi connectivity index (χ1n) is 7.43. The molecule has 1 aliphatic rings. The number of nitrogens with zero attached hydrogens (tertiary/aromatic N) is 2. The van der Waals surface area contributed by atoms with Crippen molar-refractivity contribution in [1.82, 2.24) is 14.6 Å². The molecule has 0 atom stereocenters. The van der Waals surface area contributed by atoms with Crippen LogP contribution in [0.5, 0.6) is 0 Å². The van der Waals surface area contributed by atoms with Crippen LogP contribution in [-0.2, 0) is 21.2 Å². The van der Waals surface area contributed by atoms with E-state index in [0.717, 1.165) is 17.1 Å². The van der Waals surface area contributed by atoms with Gasteiger partial charge in [-0.1, -0.05) is 0 Å². The Kier molecular flexibility index (Phi) is 5.57. The minimum absolute atomic E-state index is 0.0261. The molecule has 1 amide bonds. The van der Waals surface area contributed by atoms with Gasteiger partial charge in [0.2, 0.25) is 15.9 Å². The van der Waals surface area contributed by atoms with Crippen LogP contribution in [0.2, 0.25) is 0 Å². The van der Waals surface area contributed by atoms with Gasteiger partial charge in [-0.15, -0.1) is 11.3 Å². The fourth-order valence-electron chi connectivity index (χ4n) is 2.53. The molecule has 1 aromatic heterocycles. The molecule has 1 saturated heterocycles. The highest BCUT2D eigenvalue weighted by molar-refractivity contribution is 7.88. The molecule has 0 bridgehead atoms. The van der Waals surface area contributed by atoms with E-state index in [0.29, 0.717) is 32.5 Å². The zero-order valence-electron chi connectivity index (χ0n) is 13.3. The summed E-state index contributed by atoms with van der Waals surface area (Å²) in [5.74, 6) is -0.0593. The Labute approximate surface area is 136 Å². The van der Waals surface area contributed by atoms with Gasteiger partial charge < -0.3 is 5.32 Å². The molecule has 1 aromatic rings. The average molecular weight is 345 g/mol. The fraction of sp³-hybridized carbons (Fsp3) is 0.714. The van der Waals surface area contributed by atoms with E-state index in [4.69, 9.17) is 0 Å². The van der Waals surface area contributed by atoms with Crippen molar-refractivity contribution < 1.29 is 13.2 Å². The molecule has 1 aliphatic heterocycles. The molecule has 124 valence electrons. The molecule has 6 nitrogen and oxygen atoms in total. The minimum atomic E-state index is -3.14. The van der Waals surface area contributed by atoms with Gasteiger partial charge in [0.1, 0.15) is 0 Å². The first-order chi connectivity index (χ1) is 10.3. The third-order valence-electron chi connectivity index (χ3n) is 4.00. The summed E-state index contributed by atoms with van der Waals surface area (Å²) < 4.78 is 24.3. The molecular weight excluding hydrogens is 322 g/mol. The van der Waals surface area contributed by atoms with Gasteiger partial charge in [-0.2, -0.15) is 0 Å². The summed E-state index contributed by atoms with van der Waals surface area (Å²) in [6.45, 7) is 5.48. The van der Waals surface area contributed by atoms with Gasteiger partial charge in [-0.3, -0.25) is 4.79 Å². The molecule has 0 spiro atoms. The van der Waals surface area contributed by atoms with Gasteiger partial charge in [0, 0.05) is 36.9 Å². The number of amides is 1. The van der Waals surface area contributed by atoms with Gasteiger partial charge >= 0.3 is 0 Å². The van der Waals surface area contributed by atoms with Crippen molar-refractivity contribution in [2.45, 2.75) is 33.1 Å². The number of hydrogen-bond donors (Lipinski definition) is 1. The summed E-state index contributed by atoms with van der Waals surface area (Å²) >= 11 is 1.67. The third-order valence-corrected chi connectivity index (χ3v) is 6.44. The highest BCUT2D eigenvalue weighted by Gasteiger charge is 2.28. The van der Waals surface area contributed by atoms with Crippen molar-refractivity contribution in [3.63, 3.8) is 0 Å². The molecule has 2 rings (SSSR count). The normalized spacial score (nSPS) is 17.6. The Morgan fingerprint density at radius 1 is 1.36 bits per heavy atom. The number of hydrogen-bond acceptors (Lipinski definition) is 5. The van der Waals surface area contributed by atoms with E-state index in [1.54, 1.807) is 11.3 Å². The smallest absolute Gasteiger partial charge is 0.223 e. The van der Waals surface area contributed by atoms with Gasteiger partial charge in [-0.25, -0.2) is 17.7 Å². The molecule has 8 heteroatoms. The first-order valence-corrected chi connectivity index (χ1v) is 10.1. The van der Waals surface area contributed by atoms with Crippen molar-refractivity contribution in [3.05, 3.63) is 15.6 Å². The second-order valence-electron chi connectivity index (χ2n) is 5.73. The standard InChI is InChI=1S/C14H23N3O3S2/c1-10-11(2)21-13(16-10)4-7-15-14(18)12-5-8-17(9-6-12)22(3,19)20/h12H,4-9H2,1-3H3,(H,15,18). The first kappa shape index (κ1) is 17.4. The summed E-state index contributed by atoms with van der Waals surface area (Å²) in [5, 5.41) is 3.99. The number of carbonyl (C=O) groups is 1. The summed E-state index contributed by atoms with van der Waals surface area (Å²) in [6.07, 6.45) is 3.14. The summed E-state index contributed by atoms with van der Waals surface area (Å²) in [4.78, 5) is 17.8. The summed E-state index contributed by atoms with van der Waals surface area (Å²) in [6, 6.07) is 0. The molecule has 0 aromatic carbocycles. The molecule has 22 heavy (non-hydrogen) atoms. The number of rotatable bonds is 5. The zero-order valence-corrected chi connectivity index (χ0v) is 14.9.